The van der Waals surface area contributed by atoms with E-state index in [4.69, 9.17) is 0 Å². The fourth-order valence-electron chi connectivity index (χ4n) is 2.65. The van der Waals surface area contributed by atoms with E-state index in [2.05, 4.69) is 24.3 Å². The largest absolute Gasteiger partial charge is 0.335 e. The van der Waals surface area contributed by atoms with Crippen molar-refractivity contribution < 1.29 is 4.79 Å². The Labute approximate surface area is 104 Å². The molecule has 1 heterocycles. The molecule has 2 amide bonds. The number of likely N-dealkylation sites (tertiary alicyclic amines) is 1. The normalized spacial score (nSPS) is 22.6. The first-order valence-electron chi connectivity index (χ1n) is 6.85. The predicted molar refractivity (Wildman–Crippen MR) is 69.0 cm³/mol. The van der Waals surface area contributed by atoms with Crippen LogP contribution in [0.25, 0.3) is 0 Å². The van der Waals surface area contributed by atoms with Crippen molar-refractivity contribution in [3.8, 4) is 0 Å². The second-order valence-electron chi connectivity index (χ2n) is 5.77. The van der Waals surface area contributed by atoms with Crippen LogP contribution in [0.15, 0.2) is 0 Å². The van der Waals surface area contributed by atoms with E-state index >= 15 is 0 Å². The second kappa shape index (κ2) is 5.71. The molecule has 17 heavy (non-hydrogen) atoms. The monoisotopic (exact) mass is 239 g/mol. The van der Waals surface area contributed by atoms with Gasteiger partial charge in [0, 0.05) is 25.7 Å². The van der Waals surface area contributed by atoms with Crippen LogP contribution in [0.4, 0.5) is 4.79 Å². The number of nitrogens with one attached hydrogen (secondary N) is 1. The van der Waals surface area contributed by atoms with Gasteiger partial charge in [-0.05, 0) is 52.1 Å². The molecule has 2 aliphatic rings. The zero-order valence-electron chi connectivity index (χ0n) is 11.1. The van der Waals surface area contributed by atoms with E-state index in [0.29, 0.717) is 6.04 Å². The van der Waals surface area contributed by atoms with E-state index in [1.54, 1.807) is 0 Å². The quantitative estimate of drug-likeness (QED) is 0.810. The lowest BCUT2D eigenvalue weighted by molar-refractivity contribution is 0.152. The zero-order chi connectivity index (χ0) is 12.3. The van der Waals surface area contributed by atoms with E-state index in [0.717, 1.165) is 38.4 Å². The van der Waals surface area contributed by atoms with Gasteiger partial charge in [0.1, 0.15) is 0 Å². The summed E-state index contributed by atoms with van der Waals surface area (Å²) in [5.74, 6) is 0.762. The average Bonchev–Trinajstić information content (AvgIpc) is 2.23. The lowest BCUT2D eigenvalue weighted by Gasteiger charge is -2.35. The SMILES string of the molecule is CN(C)CC1CCN(C(=O)NC2CCC2)CC1. The number of urea groups is 1. The topological polar surface area (TPSA) is 35.6 Å². The van der Waals surface area contributed by atoms with Gasteiger partial charge in [0.2, 0.25) is 0 Å². The van der Waals surface area contributed by atoms with E-state index in [-0.39, 0.29) is 6.03 Å². The highest BCUT2D eigenvalue weighted by atomic mass is 16.2. The number of carbonyl (C=O) groups excluding carboxylic acids is 1. The molecular formula is C13H25N3O. The Balaban J connectivity index is 1.68. The van der Waals surface area contributed by atoms with Crippen LogP contribution in [0.3, 0.4) is 0 Å². The van der Waals surface area contributed by atoms with E-state index in [1.807, 2.05) is 4.90 Å². The molecule has 1 aliphatic carbocycles. The maximum Gasteiger partial charge on any atom is 0.317 e. The minimum atomic E-state index is 0.165. The molecule has 0 bridgehead atoms. The highest BCUT2D eigenvalue weighted by Gasteiger charge is 2.26. The van der Waals surface area contributed by atoms with Gasteiger partial charge in [-0.1, -0.05) is 0 Å². The van der Waals surface area contributed by atoms with E-state index in [9.17, 15) is 4.79 Å². The van der Waals surface area contributed by atoms with Gasteiger partial charge in [0.25, 0.3) is 0 Å². The minimum Gasteiger partial charge on any atom is -0.335 e. The summed E-state index contributed by atoms with van der Waals surface area (Å²) in [6.45, 7) is 3.01. The molecule has 0 radical (unpaired) electrons. The fourth-order valence-corrected chi connectivity index (χ4v) is 2.65. The molecular weight excluding hydrogens is 214 g/mol. The Morgan fingerprint density at radius 2 is 1.88 bits per heavy atom. The van der Waals surface area contributed by atoms with Gasteiger partial charge >= 0.3 is 6.03 Å². The van der Waals surface area contributed by atoms with Gasteiger partial charge in [-0.15, -0.1) is 0 Å². The molecule has 1 saturated heterocycles. The van der Waals surface area contributed by atoms with Crippen LogP contribution in [0.5, 0.6) is 0 Å². The van der Waals surface area contributed by atoms with Gasteiger partial charge in [-0.2, -0.15) is 0 Å². The first-order valence-corrected chi connectivity index (χ1v) is 6.85. The molecule has 0 aromatic carbocycles. The van der Waals surface area contributed by atoms with Gasteiger partial charge < -0.3 is 15.1 Å². The predicted octanol–water partition coefficient (Wildman–Crippen LogP) is 1.52. The standard InChI is InChI=1S/C13H25N3O/c1-15(2)10-11-6-8-16(9-7-11)13(17)14-12-4-3-5-12/h11-12H,3-10H2,1-2H3,(H,14,17). The third kappa shape index (κ3) is 3.60. The van der Waals surface area contributed by atoms with Crippen molar-refractivity contribution in [1.29, 1.82) is 0 Å². The van der Waals surface area contributed by atoms with Crippen LogP contribution < -0.4 is 5.32 Å². The molecule has 98 valence electrons. The Morgan fingerprint density at radius 1 is 1.24 bits per heavy atom. The summed E-state index contributed by atoms with van der Waals surface area (Å²) < 4.78 is 0. The number of hydrogen-bond donors (Lipinski definition) is 1. The summed E-state index contributed by atoms with van der Waals surface area (Å²) >= 11 is 0. The highest BCUT2D eigenvalue weighted by molar-refractivity contribution is 5.74. The molecule has 1 saturated carbocycles. The summed E-state index contributed by atoms with van der Waals surface area (Å²) in [4.78, 5) is 16.2. The fraction of sp³-hybridized carbons (Fsp3) is 0.923. The Hall–Kier alpha value is -0.770. The summed E-state index contributed by atoms with van der Waals surface area (Å²) in [6, 6.07) is 0.625. The van der Waals surface area contributed by atoms with Crippen LogP contribution in [0, 0.1) is 5.92 Å². The zero-order valence-corrected chi connectivity index (χ0v) is 11.1. The van der Waals surface area contributed by atoms with Crippen LogP contribution >= 0.6 is 0 Å². The number of hydrogen-bond acceptors (Lipinski definition) is 2. The van der Waals surface area contributed by atoms with Crippen molar-refractivity contribution >= 4 is 6.03 Å². The van der Waals surface area contributed by atoms with Crippen LogP contribution in [0.1, 0.15) is 32.1 Å². The second-order valence-corrected chi connectivity index (χ2v) is 5.77. The third-order valence-corrected chi connectivity index (χ3v) is 3.96. The maximum atomic E-state index is 11.9. The van der Waals surface area contributed by atoms with Gasteiger partial charge in [0.15, 0.2) is 0 Å². The van der Waals surface area contributed by atoms with Crippen LogP contribution in [-0.2, 0) is 0 Å². The summed E-state index contributed by atoms with van der Waals surface area (Å²) in [5, 5.41) is 3.12. The molecule has 2 fully saturated rings. The lowest BCUT2D eigenvalue weighted by atomic mass is 9.93. The molecule has 0 unspecified atom stereocenters. The molecule has 4 nitrogen and oxygen atoms in total. The number of rotatable bonds is 3. The molecule has 0 aromatic heterocycles. The van der Waals surface area contributed by atoms with Crippen LogP contribution in [-0.4, -0.2) is 55.6 Å². The Bertz CT molecular complexity index is 255. The van der Waals surface area contributed by atoms with Crippen molar-refractivity contribution in [2.75, 3.05) is 33.7 Å². The smallest absolute Gasteiger partial charge is 0.317 e. The number of amides is 2. The molecule has 2 rings (SSSR count). The third-order valence-electron chi connectivity index (χ3n) is 3.96. The van der Waals surface area contributed by atoms with Gasteiger partial charge in [-0.25, -0.2) is 4.79 Å². The average molecular weight is 239 g/mol. The molecule has 0 atom stereocenters. The molecule has 0 aromatic rings. The number of carbonyl (C=O) groups is 1. The first kappa shape index (κ1) is 12.7. The molecule has 4 heteroatoms. The molecule has 0 spiro atoms. The molecule has 1 aliphatic heterocycles. The van der Waals surface area contributed by atoms with Crippen molar-refractivity contribution in [3.05, 3.63) is 0 Å². The van der Waals surface area contributed by atoms with Crippen molar-refractivity contribution in [3.63, 3.8) is 0 Å². The molecule has 1 N–H and O–H groups in total. The maximum absolute atomic E-state index is 11.9. The summed E-state index contributed by atoms with van der Waals surface area (Å²) in [5.41, 5.74) is 0. The summed E-state index contributed by atoms with van der Waals surface area (Å²) in [7, 11) is 4.24. The number of piperidine rings is 1. The Kier molecular flexibility index (Phi) is 4.26. The van der Waals surface area contributed by atoms with E-state index < -0.39 is 0 Å². The van der Waals surface area contributed by atoms with Crippen LogP contribution in [0.2, 0.25) is 0 Å². The Morgan fingerprint density at radius 3 is 2.35 bits per heavy atom. The lowest BCUT2D eigenvalue weighted by Crippen LogP contribution is -2.50. The number of nitrogens with zero attached hydrogens (tertiary/aromatic N) is 2. The first-order chi connectivity index (χ1) is 8.15. The minimum absolute atomic E-state index is 0.165. The van der Waals surface area contributed by atoms with Gasteiger partial charge in [0.05, 0.1) is 0 Å². The highest BCUT2D eigenvalue weighted by Crippen LogP contribution is 2.20. The van der Waals surface area contributed by atoms with Crippen molar-refractivity contribution in [2.45, 2.75) is 38.1 Å². The van der Waals surface area contributed by atoms with Crippen molar-refractivity contribution in [1.82, 2.24) is 15.1 Å². The summed E-state index contributed by atoms with van der Waals surface area (Å²) in [6.07, 6.45) is 5.91. The van der Waals surface area contributed by atoms with Crippen molar-refractivity contribution in [2.24, 2.45) is 5.92 Å². The van der Waals surface area contributed by atoms with Gasteiger partial charge in [-0.3, -0.25) is 0 Å². The van der Waals surface area contributed by atoms with E-state index in [1.165, 1.54) is 19.3 Å².